The predicted octanol–water partition coefficient (Wildman–Crippen LogP) is 1.76. The van der Waals surface area contributed by atoms with Crippen molar-refractivity contribution in [2.75, 3.05) is 12.4 Å². The second-order valence-corrected chi connectivity index (χ2v) is 4.43. The van der Waals surface area contributed by atoms with E-state index in [0.717, 1.165) is 25.0 Å². The highest BCUT2D eigenvalue weighted by atomic mass is 32.2. The van der Waals surface area contributed by atoms with Gasteiger partial charge in [0.15, 0.2) is 0 Å². The maximum absolute atomic E-state index is 10.7. The molecule has 2 atom stereocenters. The van der Waals surface area contributed by atoms with E-state index in [9.17, 15) is 4.79 Å². The van der Waals surface area contributed by atoms with E-state index in [-0.39, 0.29) is 11.4 Å². The molecule has 1 fully saturated rings. The third-order valence-corrected chi connectivity index (χ3v) is 3.45. The number of carboxylic acids is 1. The lowest BCUT2D eigenvalue weighted by atomic mass is 10.2. The number of hydrogen-bond acceptors (Lipinski definition) is 3. The van der Waals surface area contributed by atoms with Crippen LogP contribution in [-0.2, 0) is 9.53 Å². The number of thioether (sulfide) groups is 1. The zero-order chi connectivity index (χ0) is 9.68. The van der Waals surface area contributed by atoms with E-state index in [2.05, 4.69) is 6.92 Å². The van der Waals surface area contributed by atoms with Crippen LogP contribution >= 0.6 is 11.8 Å². The minimum absolute atomic E-state index is 0.0611. The second-order valence-electron chi connectivity index (χ2n) is 3.18. The van der Waals surface area contributed by atoms with Gasteiger partial charge in [-0.25, -0.2) is 0 Å². The number of unbranched alkanes of at least 4 members (excludes halogenated alkanes) is 1. The summed E-state index contributed by atoms with van der Waals surface area (Å²) in [5.74, 6) is 0.178. The van der Waals surface area contributed by atoms with E-state index in [1.54, 1.807) is 0 Å². The molecule has 1 rings (SSSR count). The van der Waals surface area contributed by atoms with Crippen molar-refractivity contribution in [1.82, 2.24) is 0 Å². The Hall–Kier alpha value is -0.220. The van der Waals surface area contributed by atoms with E-state index in [4.69, 9.17) is 9.84 Å². The average Bonchev–Trinajstić information content (AvgIpc) is 2.53. The van der Waals surface area contributed by atoms with E-state index >= 15 is 0 Å². The van der Waals surface area contributed by atoms with Gasteiger partial charge in [0.25, 0.3) is 0 Å². The Morgan fingerprint density at radius 1 is 1.69 bits per heavy atom. The molecule has 2 unspecified atom stereocenters. The van der Waals surface area contributed by atoms with Crippen molar-refractivity contribution in [2.24, 2.45) is 0 Å². The summed E-state index contributed by atoms with van der Waals surface area (Å²) < 4.78 is 5.52. The van der Waals surface area contributed by atoms with Gasteiger partial charge < -0.3 is 9.84 Å². The number of aliphatic carboxylic acids is 1. The van der Waals surface area contributed by atoms with E-state index in [0.29, 0.717) is 6.61 Å². The van der Waals surface area contributed by atoms with Gasteiger partial charge in [-0.2, -0.15) is 0 Å². The highest BCUT2D eigenvalue weighted by molar-refractivity contribution is 8.00. The van der Waals surface area contributed by atoms with Crippen LogP contribution in [0.1, 0.15) is 26.2 Å². The quantitative estimate of drug-likeness (QED) is 0.693. The van der Waals surface area contributed by atoms with Crippen LogP contribution in [-0.4, -0.2) is 34.8 Å². The Balaban J connectivity index is 2.27. The molecule has 1 heterocycles. The summed E-state index contributed by atoms with van der Waals surface area (Å²) in [6.07, 6.45) is 2.94. The Kier molecular flexibility index (Phi) is 4.59. The lowest BCUT2D eigenvalue weighted by molar-refractivity contribution is -0.139. The molecule has 0 aliphatic carbocycles. The monoisotopic (exact) mass is 204 g/mol. The van der Waals surface area contributed by atoms with Crippen molar-refractivity contribution >= 4 is 17.7 Å². The molecule has 76 valence electrons. The van der Waals surface area contributed by atoms with Gasteiger partial charge in [-0.1, -0.05) is 13.3 Å². The van der Waals surface area contributed by atoms with Crippen LogP contribution in [0.4, 0.5) is 0 Å². The molecule has 1 N–H and O–H groups in total. The van der Waals surface area contributed by atoms with Crippen molar-refractivity contribution in [3.63, 3.8) is 0 Å². The van der Waals surface area contributed by atoms with Crippen LogP contribution in [0.15, 0.2) is 0 Å². The molecule has 0 saturated carbocycles. The van der Waals surface area contributed by atoms with Gasteiger partial charge in [0, 0.05) is 6.61 Å². The second kappa shape index (κ2) is 5.50. The largest absolute Gasteiger partial charge is 0.480 e. The van der Waals surface area contributed by atoms with Crippen molar-refractivity contribution in [1.29, 1.82) is 0 Å². The first-order valence-corrected chi connectivity index (χ1v) is 5.76. The van der Waals surface area contributed by atoms with Gasteiger partial charge in [0.05, 0.1) is 6.10 Å². The topological polar surface area (TPSA) is 46.5 Å². The van der Waals surface area contributed by atoms with E-state index in [1.165, 1.54) is 11.8 Å². The summed E-state index contributed by atoms with van der Waals surface area (Å²) in [5.41, 5.74) is 0. The minimum Gasteiger partial charge on any atom is -0.480 e. The molecule has 0 bridgehead atoms. The van der Waals surface area contributed by atoms with Crippen LogP contribution < -0.4 is 0 Å². The normalized spacial score (nSPS) is 27.8. The number of ether oxygens (including phenoxy) is 1. The average molecular weight is 204 g/mol. The SMILES string of the molecule is CCCCOC1CCSC1C(=O)O. The summed E-state index contributed by atoms with van der Waals surface area (Å²) in [6, 6.07) is 0. The Bertz CT molecular complexity index is 172. The molecule has 13 heavy (non-hydrogen) atoms. The lowest BCUT2D eigenvalue weighted by Crippen LogP contribution is -2.29. The fourth-order valence-electron chi connectivity index (χ4n) is 1.35. The van der Waals surface area contributed by atoms with Crippen LogP contribution in [0.25, 0.3) is 0 Å². The molecular formula is C9H16O3S. The molecule has 0 aromatic carbocycles. The maximum atomic E-state index is 10.7. The molecule has 0 aromatic heterocycles. The summed E-state index contributed by atoms with van der Waals surface area (Å²) in [6.45, 7) is 2.80. The third-order valence-electron chi connectivity index (χ3n) is 2.11. The number of rotatable bonds is 5. The molecule has 4 heteroatoms. The van der Waals surface area contributed by atoms with E-state index < -0.39 is 5.97 Å². The number of carboxylic acid groups (broad SMARTS) is 1. The van der Waals surface area contributed by atoms with Crippen molar-refractivity contribution < 1.29 is 14.6 Å². The van der Waals surface area contributed by atoms with Crippen molar-refractivity contribution in [2.45, 2.75) is 37.5 Å². The summed E-state index contributed by atoms with van der Waals surface area (Å²) in [7, 11) is 0. The third kappa shape index (κ3) is 3.19. The van der Waals surface area contributed by atoms with Gasteiger partial charge in [0.1, 0.15) is 5.25 Å². The van der Waals surface area contributed by atoms with Crippen molar-refractivity contribution in [3.05, 3.63) is 0 Å². The smallest absolute Gasteiger partial charge is 0.319 e. The molecule has 0 spiro atoms. The molecule has 1 aliphatic rings. The van der Waals surface area contributed by atoms with Crippen LogP contribution in [0.5, 0.6) is 0 Å². The Labute approximate surface area is 82.8 Å². The predicted molar refractivity (Wildman–Crippen MR) is 53.1 cm³/mol. The van der Waals surface area contributed by atoms with Crippen LogP contribution in [0.2, 0.25) is 0 Å². The maximum Gasteiger partial charge on any atom is 0.319 e. The van der Waals surface area contributed by atoms with Crippen LogP contribution in [0, 0.1) is 0 Å². The highest BCUT2D eigenvalue weighted by Crippen LogP contribution is 2.29. The van der Waals surface area contributed by atoms with E-state index in [1.807, 2.05) is 0 Å². The van der Waals surface area contributed by atoms with Gasteiger partial charge >= 0.3 is 5.97 Å². The molecule has 0 radical (unpaired) electrons. The molecule has 1 aliphatic heterocycles. The zero-order valence-electron chi connectivity index (χ0n) is 7.86. The summed E-state index contributed by atoms with van der Waals surface area (Å²) >= 11 is 1.49. The van der Waals surface area contributed by atoms with Gasteiger partial charge in [-0.05, 0) is 18.6 Å². The Morgan fingerprint density at radius 3 is 3.08 bits per heavy atom. The first kappa shape index (κ1) is 10.9. The first-order chi connectivity index (χ1) is 6.25. The lowest BCUT2D eigenvalue weighted by Gasteiger charge is -2.15. The molecule has 1 saturated heterocycles. The van der Waals surface area contributed by atoms with Gasteiger partial charge in [-0.3, -0.25) is 4.79 Å². The minimum atomic E-state index is -0.732. The first-order valence-electron chi connectivity index (χ1n) is 4.71. The number of carbonyl (C=O) groups is 1. The molecule has 3 nitrogen and oxygen atoms in total. The molecular weight excluding hydrogens is 188 g/mol. The zero-order valence-corrected chi connectivity index (χ0v) is 8.68. The van der Waals surface area contributed by atoms with Crippen molar-refractivity contribution in [3.8, 4) is 0 Å². The summed E-state index contributed by atoms with van der Waals surface area (Å²) in [5, 5.41) is 8.50. The van der Waals surface area contributed by atoms with Crippen LogP contribution in [0.3, 0.4) is 0 Å². The van der Waals surface area contributed by atoms with Gasteiger partial charge in [-0.15, -0.1) is 11.8 Å². The van der Waals surface area contributed by atoms with Gasteiger partial charge in [0.2, 0.25) is 0 Å². The fourth-order valence-corrected chi connectivity index (χ4v) is 2.54. The number of hydrogen-bond donors (Lipinski definition) is 1. The molecule has 0 aromatic rings. The standard InChI is InChI=1S/C9H16O3S/c1-2-3-5-12-7-4-6-13-8(7)9(10)11/h7-8H,2-6H2,1H3,(H,10,11). The fraction of sp³-hybridized carbons (Fsp3) is 0.889. The Morgan fingerprint density at radius 2 is 2.46 bits per heavy atom. The highest BCUT2D eigenvalue weighted by Gasteiger charge is 2.34. The summed E-state index contributed by atoms with van der Waals surface area (Å²) in [4.78, 5) is 10.7. The molecule has 0 amide bonds.